The Morgan fingerprint density at radius 1 is 1.15 bits per heavy atom. The van der Waals surface area contributed by atoms with Crippen LogP contribution in [-0.2, 0) is 0 Å². The molecule has 1 aromatic carbocycles. The lowest BCUT2D eigenvalue weighted by Gasteiger charge is -2.17. The minimum atomic E-state index is -1.46. The molecule has 0 saturated carbocycles. The molecule has 0 spiro atoms. The number of hydrogen-bond acceptors (Lipinski definition) is 2. The first kappa shape index (κ1) is 14.7. The molecule has 2 aromatic rings. The van der Waals surface area contributed by atoms with Crippen molar-refractivity contribution < 1.29 is 17.6 Å². The lowest BCUT2D eigenvalue weighted by molar-refractivity contribution is 0.419. The van der Waals surface area contributed by atoms with E-state index in [0.717, 1.165) is 18.6 Å². The van der Waals surface area contributed by atoms with Gasteiger partial charge < -0.3 is 9.73 Å². The number of halogens is 3. The third kappa shape index (κ3) is 3.04. The minimum Gasteiger partial charge on any atom is -0.464 e. The Bertz CT molecular complexity index is 572. The Kier molecular flexibility index (Phi) is 4.49. The second kappa shape index (κ2) is 6.13. The van der Waals surface area contributed by atoms with Crippen LogP contribution in [0.2, 0.25) is 0 Å². The molecule has 20 heavy (non-hydrogen) atoms. The monoisotopic (exact) mass is 283 g/mol. The number of rotatable bonds is 5. The maximum Gasteiger partial charge on any atom is 0.194 e. The van der Waals surface area contributed by atoms with Crippen molar-refractivity contribution in [2.75, 3.05) is 6.54 Å². The summed E-state index contributed by atoms with van der Waals surface area (Å²) < 4.78 is 45.3. The van der Waals surface area contributed by atoms with E-state index in [2.05, 4.69) is 5.32 Å². The van der Waals surface area contributed by atoms with Gasteiger partial charge in [-0.3, -0.25) is 0 Å². The molecule has 108 valence electrons. The molecule has 0 saturated heterocycles. The zero-order chi connectivity index (χ0) is 14.7. The summed E-state index contributed by atoms with van der Waals surface area (Å²) in [7, 11) is 0. The van der Waals surface area contributed by atoms with Crippen molar-refractivity contribution in [2.45, 2.75) is 26.3 Å². The van der Waals surface area contributed by atoms with Crippen LogP contribution in [0.3, 0.4) is 0 Å². The van der Waals surface area contributed by atoms with Crippen molar-refractivity contribution in [3.63, 3.8) is 0 Å². The van der Waals surface area contributed by atoms with E-state index >= 15 is 0 Å². The lowest BCUT2D eigenvalue weighted by Crippen LogP contribution is -2.23. The number of nitrogens with one attached hydrogen (secondary N) is 1. The molecule has 5 heteroatoms. The van der Waals surface area contributed by atoms with Crippen LogP contribution in [0.15, 0.2) is 28.7 Å². The maximum atomic E-state index is 13.4. The summed E-state index contributed by atoms with van der Waals surface area (Å²) in [6, 6.07) is 4.98. The van der Waals surface area contributed by atoms with Crippen LogP contribution in [0.25, 0.3) is 0 Å². The fourth-order valence-corrected chi connectivity index (χ4v) is 2.02. The van der Waals surface area contributed by atoms with Crippen molar-refractivity contribution in [3.8, 4) is 0 Å². The molecular formula is C15H16F3NO. The Morgan fingerprint density at radius 2 is 1.80 bits per heavy atom. The molecule has 2 nitrogen and oxygen atoms in total. The molecule has 2 rings (SSSR count). The summed E-state index contributed by atoms with van der Waals surface area (Å²) in [4.78, 5) is 0. The molecule has 1 N–H and O–H groups in total. The van der Waals surface area contributed by atoms with Gasteiger partial charge in [-0.15, -0.1) is 0 Å². The average molecular weight is 283 g/mol. The van der Waals surface area contributed by atoms with Crippen LogP contribution in [-0.4, -0.2) is 6.54 Å². The van der Waals surface area contributed by atoms with E-state index in [0.29, 0.717) is 23.6 Å². The molecule has 1 aromatic heterocycles. The zero-order valence-corrected chi connectivity index (χ0v) is 11.3. The molecule has 0 aliphatic carbocycles. The predicted molar refractivity (Wildman–Crippen MR) is 69.9 cm³/mol. The predicted octanol–water partition coefficient (Wildman–Crippen LogP) is 4.09. The Hall–Kier alpha value is -1.75. The maximum absolute atomic E-state index is 13.4. The van der Waals surface area contributed by atoms with Crippen LogP contribution >= 0.6 is 0 Å². The van der Waals surface area contributed by atoms with E-state index < -0.39 is 23.5 Å². The second-order valence-electron chi connectivity index (χ2n) is 4.63. The van der Waals surface area contributed by atoms with Gasteiger partial charge in [0, 0.05) is 0 Å². The van der Waals surface area contributed by atoms with Crippen molar-refractivity contribution in [1.29, 1.82) is 0 Å². The molecule has 0 amide bonds. The molecule has 0 aliphatic rings. The van der Waals surface area contributed by atoms with Gasteiger partial charge in [-0.2, -0.15) is 0 Å². The van der Waals surface area contributed by atoms with Gasteiger partial charge in [0.1, 0.15) is 11.5 Å². The first-order chi connectivity index (χ1) is 9.52. The molecule has 1 unspecified atom stereocenters. The van der Waals surface area contributed by atoms with E-state index in [4.69, 9.17) is 4.42 Å². The van der Waals surface area contributed by atoms with E-state index in [1.165, 1.54) is 0 Å². The van der Waals surface area contributed by atoms with Gasteiger partial charge in [-0.1, -0.05) is 6.92 Å². The number of aryl methyl sites for hydroxylation is 1. The highest BCUT2D eigenvalue weighted by molar-refractivity contribution is 5.29. The van der Waals surface area contributed by atoms with Crippen molar-refractivity contribution in [1.82, 2.24) is 5.32 Å². The van der Waals surface area contributed by atoms with Crippen molar-refractivity contribution in [3.05, 3.63) is 58.8 Å². The molecule has 0 bridgehead atoms. The van der Waals surface area contributed by atoms with E-state index in [-0.39, 0.29) is 0 Å². The Morgan fingerprint density at radius 3 is 2.30 bits per heavy atom. The van der Waals surface area contributed by atoms with Gasteiger partial charge in [-0.25, -0.2) is 13.2 Å². The summed E-state index contributed by atoms with van der Waals surface area (Å²) in [6.45, 7) is 4.40. The minimum absolute atomic E-state index is 0.296. The van der Waals surface area contributed by atoms with Crippen LogP contribution in [0.4, 0.5) is 13.2 Å². The topological polar surface area (TPSA) is 25.2 Å². The largest absolute Gasteiger partial charge is 0.464 e. The average Bonchev–Trinajstić information content (AvgIpc) is 2.83. The van der Waals surface area contributed by atoms with Crippen LogP contribution in [0.1, 0.15) is 36.5 Å². The molecule has 0 fully saturated rings. The Labute approximate surface area is 115 Å². The van der Waals surface area contributed by atoms with E-state index in [1.807, 2.05) is 6.92 Å². The standard InChI is InChI=1S/C15H16F3NO/c1-3-6-19-15(13-5-4-9(2)20-13)10-7-11(16)14(18)12(17)8-10/h4-5,7-8,15,19H,3,6H2,1-2H3. The molecule has 1 heterocycles. The van der Waals surface area contributed by atoms with Crippen molar-refractivity contribution in [2.24, 2.45) is 0 Å². The van der Waals surface area contributed by atoms with Gasteiger partial charge in [0.25, 0.3) is 0 Å². The van der Waals surface area contributed by atoms with Crippen LogP contribution in [0.5, 0.6) is 0 Å². The SMILES string of the molecule is CCCNC(c1cc(F)c(F)c(F)c1)c1ccc(C)o1. The van der Waals surface area contributed by atoms with E-state index in [9.17, 15) is 13.2 Å². The van der Waals surface area contributed by atoms with Gasteiger partial charge in [0.15, 0.2) is 17.5 Å². The first-order valence-corrected chi connectivity index (χ1v) is 6.47. The fraction of sp³-hybridized carbons (Fsp3) is 0.333. The third-order valence-corrected chi connectivity index (χ3v) is 2.98. The smallest absolute Gasteiger partial charge is 0.194 e. The van der Waals surface area contributed by atoms with Crippen LogP contribution < -0.4 is 5.32 Å². The summed E-state index contributed by atoms with van der Waals surface area (Å²) in [5.74, 6) is -2.62. The lowest BCUT2D eigenvalue weighted by atomic mass is 10.0. The molecule has 0 radical (unpaired) electrons. The summed E-state index contributed by atoms with van der Waals surface area (Å²) in [5, 5.41) is 3.14. The normalized spacial score (nSPS) is 12.7. The van der Waals surface area contributed by atoms with Crippen LogP contribution in [0, 0.1) is 24.4 Å². The van der Waals surface area contributed by atoms with Gasteiger partial charge >= 0.3 is 0 Å². The van der Waals surface area contributed by atoms with Gasteiger partial charge in [-0.05, 0) is 49.7 Å². The molecule has 1 atom stereocenters. The van der Waals surface area contributed by atoms with Gasteiger partial charge in [0.2, 0.25) is 0 Å². The number of hydrogen-bond donors (Lipinski definition) is 1. The second-order valence-corrected chi connectivity index (χ2v) is 4.63. The highest BCUT2D eigenvalue weighted by Gasteiger charge is 2.20. The van der Waals surface area contributed by atoms with E-state index in [1.54, 1.807) is 19.1 Å². The number of furan rings is 1. The summed E-state index contributed by atoms with van der Waals surface area (Å²) in [6.07, 6.45) is 0.850. The highest BCUT2D eigenvalue weighted by atomic mass is 19.2. The summed E-state index contributed by atoms with van der Waals surface area (Å²) >= 11 is 0. The Balaban J connectivity index is 2.40. The molecule has 0 aliphatic heterocycles. The third-order valence-electron chi connectivity index (χ3n) is 2.98. The number of benzene rings is 1. The van der Waals surface area contributed by atoms with Gasteiger partial charge in [0.05, 0.1) is 6.04 Å². The van der Waals surface area contributed by atoms with Crippen molar-refractivity contribution >= 4 is 0 Å². The first-order valence-electron chi connectivity index (χ1n) is 6.47. The fourth-order valence-electron chi connectivity index (χ4n) is 2.02. The quantitative estimate of drug-likeness (QED) is 0.836. The zero-order valence-electron chi connectivity index (χ0n) is 11.3. The summed E-state index contributed by atoms with van der Waals surface area (Å²) in [5.41, 5.74) is 0.296. The molecular weight excluding hydrogens is 267 g/mol. The highest BCUT2D eigenvalue weighted by Crippen LogP contribution is 2.26.